The lowest BCUT2D eigenvalue weighted by Gasteiger charge is -2.17. The maximum atomic E-state index is 12.3. The van der Waals surface area contributed by atoms with Gasteiger partial charge in [-0.3, -0.25) is 0 Å². The molecule has 4 nitrogen and oxygen atoms in total. The first-order valence-electron chi connectivity index (χ1n) is 5.93. The average Bonchev–Trinajstić information content (AvgIpc) is 3.13. The Morgan fingerprint density at radius 2 is 2.17 bits per heavy atom. The van der Waals surface area contributed by atoms with Gasteiger partial charge in [0.15, 0.2) is 0 Å². The van der Waals surface area contributed by atoms with Gasteiger partial charge in [-0.2, -0.15) is 0 Å². The molecule has 3 N–H and O–H groups in total. The van der Waals surface area contributed by atoms with Crippen LogP contribution in [0.2, 0.25) is 0 Å². The van der Waals surface area contributed by atoms with E-state index >= 15 is 0 Å². The quantitative estimate of drug-likeness (QED) is 0.863. The summed E-state index contributed by atoms with van der Waals surface area (Å²) in [6.07, 6.45) is 2.11. The topological polar surface area (TPSA) is 72.2 Å². The van der Waals surface area contributed by atoms with Crippen LogP contribution >= 0.6 is 15.9 Å². The molecule has 1 aromatic carbocycles. The Morgan fingerprint density at radius 3 is 2.72 bits per heavy atom. The van der Waals surface area contributed by atoms with Crippen molar-refractivity contribution in [1.82, 2.24) is 4.72 Å². The molecule has 6 heteroatoms. The van der Waals surface area contributed by atoms with Gasteiger partial charge in [0.1, 0.15) is 0 Å². The minimum Gasteiger partial charge on any atom is -0.329 e. The second-order valence-corrected chi connectivity index (χ2v) is 7.16. The van der Waals surface area contributed by atoms with Crippen molar-refractivity contribution >= 4 is 26.0 Å². The van der Waals surface area contributed by atoms with Crippen molar-refractivity contribution in [3.05, 3.63) is 28.2 Å². The lowest BCUT2D eigenvalue weighted by Crippen LogP contribution is -2.41. The molecule has 1 saturated carbocycles. The summed E-state index contributed by atoms with van der Waals surface area (Å²) in [5, 5.41) is 0. The number of hydrogen-bond donors (Lipinski definition) is 2. The van der Waals surface area contributed by atoms with E-state index in [2.05, 4.69) is 20.7 Å². The molecule has 0 aliphatic heterocycles. The third-order valence-electron chi connectivity index (χ3n) is 3.20. The standard InChI is InChI=1S/C12H17BrN2O2S/c1-8-3-2-4-11(12(8)13)18(16,17)15-10(7-14)9-5-6-9/h2-4,9-10,15H,5-7,14H2,1H3. The molecule has 0 aromatic heterocycles. The van der Waals surface area contributed by atoms with Gasteiger partial charge >= 0.3 is 0 Å². The fraction of sp³-hybridized carbons (Fsp3) is 0.500. The van der Waals surface area contributed by atoms with Crippen molar-refractivity contribution in [3.8, 4) is 0 Å². The molecule has 18 heavy (non-hydrogen) atoms. The van der Waals surface area contributed by atoms with Gasteiger partial charge in [-0.15, -0.1) is 0 Å². The number of benzene rings is 1. The first-order valence-corrected chi connectivity index (χ1v) is 8.21. The van der Waals surface area contributed by atoms with Crippen molar-refractivity contribution in [3.63, 3.8) is 0 Å². The van der Waals surface area contributed by atoms with Crippen molar-refractivity contribution in [1.29, 1.82) is 0 Å². The first-order chi connectivity index (χ1) is 8.45. The van der Waals surface area contributed by atoms with E-state index in [9.17, 15) is 8.42 Å². The van der Waals surface area contributed by atoms with Crippen LogP contribution in [0.5, 0.6) is 0 Å². The van der Waals surface area contributed by atoms with Gasteiger partial charge in [-0.1, -0.05) is 12.1 Å². The summed E-state index contributed by atoms with van der Waals surface area (Å²) in [6, 6.07) is 5.05. The number of rotatable bonds is 5. The van der Waals surface area contributed by atoms with Gasteiger partial charge in [0.05, 0.1) is 4.90 Å². The second kappa shape index (κ2) is 5.28. The molecule has 1 aliphatic carbocycles. The van der Waals surface area contributed by atoms with E-state index in [-0.39, 0.29) is 10.9 Å². The Balaban J connectivity index is 2.27. The normalized spacial score (nSPS) is 17.7. The molecule has 0 bridgehead atoms. The molecule has 0 spiro atoms. The molecule has 0 radical (unpaired) electrons. The van der Waals surface area contributed by atoms with Gasteiger partial charge in [0.2, 0.25) is 10.0 Å². The molecule has 1 unspecified atom stereocenters. The Labute approximate surface area is 116 Å². The van der Waals surface area contributed by atoms with Crippen LogP contribution in [-0.2, 0) is 10.0 Å². The maximum Gasteiger partial charge on any atom is 0.242 e. The molecule has 0 saturated heterocycles. The zero-order valence-electron chi connectivity index (χ0n) is 10.2. The highest BCUT2D eigenvalue weighted by Crippen LogP contribution is 2.33. The van der Waals surface area contributed by atoms with Crippen LogP contribution in [0.4, 0.5) is 0 Å². The van der Waals surface area contributed by atoms with Crippen LogP contribution in [0, 0.1) is 12.8 Å². The van der Waals surface area contributed by atoms with Gasteiger partial charge < -0.3 is 5.73 Å². The highest BCUT2D eigenvalue weighted by atomic mass is 79.9. The Hall–Kier alpha value is -0.430. The van der Waals surface area contributed by atoms with Crippen LogP contribution in [0.3, 0.4) is 0 Å². The summed E-state index contributed by atoms with van der Waals surface area (Å²) in [6.45, 7) is 2.21. The molecular formula is C12H17BrN2O2S. The summed E-state index contributed by atoms with van der Waals surface area (Å²) >= 11 is 3.33. The van der Waals surface area contributed by atoms with Crippen molar-refractivity contribution in [2.75, 3.05) is 6.54 Å². The second-order valence-electron chi connectivity index (χ2n) is 4.69. The number of aryl methyl sites for hydroxylation is 1. The minimum atomic E-state index is -3.51. The summed E-state index contributed by atoms with van der Waals surface area (Å²) in [5.41, 5.74) is 6.53. The molecule has 1 fully saturated rings. The van der Waals surface area contributed by atoms with E-state index in [0.717, 1.165) is 18.4 Å². The molecule has 0 amide bonds. The van der Waals surface area contributed by atoms with Gasteiger partial charge in [0.25, 0.3) is 0 Å². The summed E-state index contributed by atoms with van der Waals surface area (Å²) in [4.78, 5) is 0.279. The molecule has 100 valence electrons. The SMILES string of the molecule is Cc1cccc(S(=O)(=O)NC(CN)C2CC2)c1Br. The number of sulfonamides is 1. The van der Waals surface area contributed by atoms with E-state index in [0.29, 0.717) is 16.9 Å². The highest BCUT2D eigenvalue weighted by Gasteiger charge is 2.33. The molecule has 2 rings (SSSR count). The van der Waals surface area contributed by atoms with Crippen molar-refractivity contribution < 1.29 is 8.42 Å². The smallest absolute Gasteiger partial charge is 0.242 e. The largest absolute Gasteiger partial charge is 0.329 e. The average molecular weight is 333 g/mol. The molecule has 1 aliphatic rings. The number of hydrogen-bond acceptors (Lipinski definition) is 3. The monoisotopic (exact) mass is 332 g/mol. The van der Waals surface area contributed by atoms with Crippen LogP contribution in [0.1, 0.15) is 18.4 Å². The van der Waals surface area contributed by atoms with Crippen molar-refractivity contribution in [2.24, 2.45) is 11.7 Å². The predicted octanol–water partition coefficient (Wildman–Crippen LogP) is 1.77. The number of nitrogens with two attached hydrogens (primary N) is 1. The van der Waals surface area contributed by atoms with Gasteiger partial charge in [0, 0.05) is 17.1 Å². The van der Waals surface area contributed by atoms with E-state index < -0.39 is 10.0 Å². The molecule has 1 aromatic rings. The lowest BCUT2D eigenvalue weighted by atomic mass is 10.2. The Kier molecular flexibility index (Phi) is 4.11. The fourth-order valence-corrected chi connectivity index (χ4v) is 4.30. The van der Waals surface area contributed by atoms with Crippen molar-refractivity contribution in [2.45, 2.75) is 30.7 Å². The Morgan fingerprint density at radius 1 is 1.50 bits per heavy atom. The minimum absolute atomic E-state index is 0.151. The maximum absolute atomic E-state index is 12.3. The zero-order chi connectivity index (χ0) is 13.3. The molecular weight excluding hydrogens is 316 g/mol. The van der Waals surface area contributed by atoms with Gasteiger partial charge in [-0.05, 0) is 53.2 Å². The van der Waals surface area contributed by atoms with Crippen LogP contribution in [-0.4, -0.2) is 21.0 Å². The van der Waals surface area contributed by atoms with E-state index in [1.54, 1.807) is 12.1 Å². The third-order valence-corrected chi connectivity index (χ3v) is 6.04. The molecule has 1 atom stereocenters. The van der Waals surface area contributed by atoms with E-state index in [1.165, 1.54) is 0 Å². The van der Waals surface area contributed by atoms with Crippen LogP contribution in [0.15, 0.2) is 27.6 Å². The van der Waals surface area contributed by atoms with E-state index in [4.69, 9.17) is 5.73 Å². The van der Waals surface area contributed by atoms with Crippen LogP contribution < -0.4 is 10.5 Å². The molecule has 0 heterocycles. The summed E-state index contributed by atoms with van der Waals surface area (Å²) in [7, 11) is -3.51. The number of halogens is 1. The lowest BCUT2D eigenvalue weighted by molar-refractivity contribution is 0.519. The number of nitrogens with one attached hydrogen (secondary N) is 1. The Bertz CT molecular complexity index is 541. The third kappa shape index (κ3) is 2.93. The summed E-state index contributed by atoms with van der Waals surface area (Å²) < 4.78 is 27.9. The fourth-order valence-electron chi connectivity index (χ4n) is 1.93. The zero-order valence-corrected chi connectivity index (χ0v) is 12.6. The first kappa shape index (κ1) is 14.0. The van der Waals surface area contributed by atoms with E-state index in [1.807, 2.05) is 13.0 Å². The highest BCUT2D eigenvalue weighted by molar-refractivity contribution is 9.10. The van der Waals surface area contributed by atoms with Crippen LogP contribution in [0.25, 0.3) is 0 Å². The predicted molar refractivity (Wildman–Crippen MR) is 74.8 cm³/mol. The van der Waals surface area contributed by atoms with Gasteiger partial charge in [-0.25, -0.2) is 13.1 Å². The summed E-state index contributed by atoms with van der Waals surface area (Å²) in [5.74, 6) is 0.397.